The quantitative estimate of drug-likeness (QED) is 0.829. The normalized spacial score (nSPS) is 18.5. The zero-order chi connectivity index (χ0) is 13.1. The highest BCUT2D eigenvalue weighted by molar-refractivity contribution is 5.76. The third-order valence-electron chi connectivity index (χ3n) is 3.12. The SMILES string of the molecule is C[C@H]1NCCn2c(COCC(=O)N(C)C)cnc21. The highest BCUT2D eigenvalue weighted by atomic mass is 16.5. The average Bonchev–Trinajstić information content (AvgIpc) is 2.74. The van der Waals surface area contributed by atoms with Crippen LogP contribution in [0.1, 0.15) is 24.5 Å². The third kappa shape index (κ3) is 2.70. The molecule has 0 unspecified atom stereocenters. The Morgan fingerprint density at radius 3 is 3.17 bits per heavy atom. The van der Waals surface area contributed by atoms with Gasteiger partial charge in [-0.15, -0.1) is 0 Å². The van der Waals surface area contributed by atoms with Crippen molar-refractivity contribution >= 4 is 5.91 Å². The Morgan fingerprint density at radius 2 is 2.44 bits per heavy atom. The second kappa shape index (κ2) is 5.49. The first-order chi connectivity index (χ1) is 8.59. The van der Waals surface area contributed by atoms with Gasteiger partial charge < -0.3 is 19.5 Å². The Balaban J connectivity index is 1.93. The van der Waals surface area contributed by atoms with Crippen molar-refractivity contribution in [3.8, 4) is 0 Å². The Morgan fingerprint density at radius 1 is 1.67 bits per heavy atom. The van der Waals surface area contributed by atoms with Crippen LogP contribution in [-0.2, 0) is 22.7 Å². The van der Waals surface area contributed by atoms with Crippen LogP contribution in [0.25, 0.3) is 0 Å². The molecule has 0 saturated heterocycles. The van der Waals surface area contributed by atoms with E-state index in [1.54, 1.807) is 14.1 Å². The van der Waals surface area contributed by atoms with E-state index in [9.17, 15) is 4.79 Å². The fourth-order valence-electron chi connectivity index (χ4n) is 2.00. The van der Waals surface area contributed by atoms with Crippen molar-refractivity contribution in [2.45, 2.75) is 26.1 Å². The van der Waals surface area contributed by atoms with Gasteiger partial charge in [0.1, 0.15) is 12.4 Å². The van der Waals surface area contributed by atoms with E-state index < -0.39 is 0 Å². The summed E-state index contributed by atoms with van der Waals surface area (Å²) in [5, 5.41) is 3.36. The molecule has 0 bridgehead atoms. The van der Waals surface area contributed by atoms with Gasteiger partial charge in [0.05, 0.1) is 24.5 Å². The molecule has 6 heteroatoms. The molecule has 0 aromatic carbocycles. The summed E-state index contributed by atoms with van der Waals surface area (Å²) >= 11 is 0. The van der Waals surface area contributed by atoms with E-state index in [1.165, 1.54) is 4.90 Å². The summed E-state index contributed by atoms with van der Waals surface area (Å²) in [7, 11) is 3.44. The molecule has 0 radical (unpaired) electrons. The molecule has 1 aromatic heterocycles. The van der Waals surface area contributed by atoms with E-state index in [2.05, 4.69) is 21.8 Å². The number of fused-ring (bicyclic) bond motifs is 1. The van der Waals surface area contributed by atoms with E-state index in [1.807, 2.05) is 6.20 Å². The lowest BCUT2D eigenvalue weighted by atomic mass is 10.2. The van der Waals surface area contributed by atoms with Crippen LogP contribution < -0.4 is 5.32 Å². The van der Waals surface area contributed by atoms with Crippen molar-refractivity contribution < 1.29 is 9.53 Å². The minimum absolute atomic E-state index is 0.0246. The van der Waals surface area contributed by atoms with Gasteiger partial charge in [-0.2, -0.15) is 0 Å². The zero-order valence-electron chi connectivity index (χ0n) is 11.1. The number of aromatic nitrogens is 2. The molecule has 0 fully saturated rings. The van der Waals surface area contributed by atoms with Crippen molar-refractivity contribution in [2.75, 3.05) is 27.2 Å². The molecule has 6 nitrogen and oxygen atoms in total. The van der Waals surface area contributed by atoms with Crippen LogP contribution in [0.5, 0.6) is 0 Å². The van der Waals surface area contributed by atoms with Crippen LogP contribution in [-0.4, -0.2) is 47.6 Å². The summed E-state index contributed by atoms with van der Waals surface area (Å²) in [5.41, 5.74) is 1.03. The van der Waals surface area contributed by atoms with Crippen LogP contribution in [0.3, 0.4) is 0 Å². The molecule has 0 aliphatic carbocycles. The van der Waals surface area contributed by atoms with Gasteiger partial charge in [-0.3, -0.25) is 4.79 Å². The number of nitrogens with zero attached hydrogens (tertiary/aromatic N) is 3. The first kappa shape index (κ1) is 13.0. The van der Waals surface area contributed by atoms with Crippen molar-refractivity contribution in [3.63, 3.8) is 0 Å². The van der Waals surface area contributed by atoms with E-state index in [-0.39, 0.29) is 18.6 Å². The molecule has 100 valence electrons. The van der Waals surface area contributed by atoms with E-state index >= 15 is 0 Å². The monoisotopic (exact) mass is 252 g/mol. The molecule has 0 saturated carbocycles. The summed E-state index contributed by atoms with van der Waals surface area (Å²) in [6.07, 6.45) is 1.83. The minimum Gasteiger partial charge on any atom is -0.365 e. The number of amides is 1. The van der Waals surface area contributed by atoms with Crippen molar-refractivity contribution in [1.82, 2.24) is 19.8 Å². The number of likely N-dealkylation sites (N-methyl/N-ethyl adjacent to an activating group) is 1. The Hall–Kier alpha value is -1.40. The van der Waals surface area contributed by atoms with Crippen LogP contribution in [0.4, 0.5) is 0 Å². The van der Waals surface area contributed by atoms with Crippen LogP contribution in [0.15, 0.2) is 6.20 Å². The van der Waals surface area contributed by atoms with Gasteiger partial charge in [0.25, 0.3) is 0 Å². The molecule has 1 aromatic rings. The topological polar surface area (TPSA) is 59.4 Å². The number of imidazole rings is 1. The predicted molar refractivity (Wildman–Crippen MR) is 67.0 cm³/mol. The fraction of sp³-hybridized carbons (Fsp3) is 0.667. The molecule has 1 N–H and O–H groups in total. The van der Waals surface area contributed by atoms with Crippen molar-refractivity contribution in [1.29, 1.82) is 0 Å². The molecule has 1 amide bonds. The standard InChI is InChI=1S/C12H20N4O2/c1-9-12-14-6-10(16(12)5-4-13-9)7-18-8-11(17)15(2)3/h6,9,13H,4-5,7-8H2,1-3H3/t9-/m1/s1. The lowest BCUT2D eigenvalue weighted by Crippen LogP contribution is -2.32. The first-order valence-electron chi connectivity index (χ1n) is 6.15. The first-order valence-corrected chi connectivity index (χ1v) is 6.15. The largest absolute Gasteiger partial charge is 0.365 e. The van der Waals surface area contributed by atoms with Crippen LogP contribution in [0, 0.1) is 0 Å². The number of rotatable bonds is 4. The zero-order valence-corrected chi connectivity index (χ0v) is 11.1. The Labute approximate surface area is 107 Å². The number of ether oxygens (including phenoxy) is 1. The molecule has 18 heavy (non-hydrogen) atoms. The molecule has 1 atom stereocenters. The molecule has 2 heterocycles. The third-order valence-corrected chi connectivity index (χ3v) is 3.12. The van der Waals surface area contributed by atoms with Gasteiger partial charge in [0.15, 0.2) is 0 Å². The number of carbonyl (C=O) groups is 1. The fourth-order valence-corrected chi connectivity index (χ4v) is 2.00. The Kier molecular flexibility index (Phi) is 3.98. The van der Waals surface area contributed by atoms with Crippen molar-refractivity contribution in [3.05, 3.63) is 17.7 Å². The van der Waals surface area contributed by atoms with E-state index in [0.29, 0.717) is 6.61 Å². The van der Waals surface area contributed by atoms with Gasteiger partial charge in [-0.05, 0) is 6.92 Å². The minimum atomic E-state index is -0.0246. The van der Waals surface area contributed by atoms with Gasteiger partial charge >= 0.3 is 0 Å². The maximum atomic E-state index is 11.4. The van der Waals surface area contributed by atoms with Gasteiger partial charge in [0.2, 0.25) is 5.91 Å². The highest BCUT2D eigenvalue weighted by Gasteiger charge is 2.19. The number of nitrogens with one attached hydrogen (secondary N) is 1. The second-order valence-corrected chi connectivity index (χ2v) is 4.72. The smallest absolute Gasteiger partial charge is 0.248 e. The highest BCUT2D eigenvalue weighted by Crippen LogP contribution is 2.17. The maximum absolute atomic E-state index is 11.4. The number of hydrogen-bond acceptors (Lipinski definition) is 4. The molecular formula is C12H20N4O2. The maximum Gasteiger partial charge on any atom is 0.248 e. The predicted octanol–water partition coefficient (Wildman–Crippen LogP) is 0.152. The Bertz CT molecular complexity index is 428. The van der Waals surface area contributed by atoms with Crippen LogP contribution in [0.2, 0.25) is 0 Å². The average molecular weight is 252 g/mol. The molecule has 0 spiro atoms. The molecular weight excluding hydrogens is 232 g/mol. The number of hydrogen-bond donors (Lipinski definition) is 1. The summed E-state index contributed by atoms with van der Waals surface area (Å²) in [5.74, 6) is 1.02. The van der Waals surface area contributed by atoms with Crippen LogP contribution >= 0.6 is 0 Å². The van der Waals surface area contributed by atoms with E-state index in [0.717, 1.165) is 24.6 Å². The summed E-state index contributed by atoms with van der Waals surface area (Å²) < 4.78 is 7.60. The lowest BCUT2D eigenvalue weighted by Gasteiger charge is -2.23. The van der Waals surface area contributed by atoms with Gasteiger partial charge in [0, 0.05) is 27.2 Å². The molecule has 1 aliphatic heterocycles. The summed E-state index contributed by atoms with van der Waals surface area (Å²) in [6, 6.07) is 0.274. The lowest BCUT2D eigenvalue weighted by molar-refractivity contribution is -0.134. The summed E-state index contributed by atoms with van der Waals surface area (Å²) in [6.45, 7) is 4.48. The second-order valence-electron chi connectivity index (χ2n) is 4.72. The molecule has 2 rings (SSSR count). The number of carbonyl (C=O) groups excluding carboxylic acids is 1. The van der Waals surface area contributed by atoms with E-state index in [4.69, 9.17) is 4.74 Å². The van der Waals surface area contributed by atoms with Gasteiger partial charge in [-0.1, -0.05) is 0 Å². The van der Waals surface area contributed by atoms with Crippen molar-refractivity contribution in [2.24, 2.45) is 0 Å². The van der Waals surface area contributed by atoms with Gasteiger partial charge in [-0.25, -0.2) is 4.98 Å². The summed E-state index contributed by atoms with van der Waals surface area (Å²) in [4.78, 5) is 17.3. The molecule has 1 aliphatic rings.